The average molecular weight is 331 g/mol. The molecule has 1 aromatic heterocycles. The van der Waals surface area contributed by atoms with Crippen LogP contribution < -0.4 is 21.1 Å². The molecule has 8 heteroatoms. The lowest BCUT2D eigenvalue weighted by molar-refractivity contribution is 0.103. The van der Waals surface area contributed by atoms with Gasteiger partial charge in [-0.3, -0.25) is 4.79 Å². The van der Waals surface area contributed by atoms with Crippen molar-refractivity contribution in [3.63, 3.8) is 0 Å². The third-order valence-electron chi connectivity index (χ3n) is 3.86. The van der Waals surface area contributed by atoms with Crippen molar-refractivity contribution in [3.8, 4) is 5.75 Å². The van der Waals surface area contributed by atoms with Gasteiger partial charge in [0.15, 0.2) is 0 Å². The molecule has 126 valence electrons. The van der Waals surface area contributed by atoms with Crippen LogP contribution in [0.2, 0.25) is 0 Å². The number of nitrogen functional groups attached to an aromatic ring is 1. The number of halogens is 1. The summed E-state index contributed by atoms with van der Waals surface area (Å²) >= 11 is 0. The van der Waals surface area contributed by atoms with Crippen LogP contribution in [0.3, 0.4) is 0 Å². The summed E-state index contributed by atoms with van der Waals surface area (Å²) in [5, 5.41) is 6.38. The number of nitrogens with two attached hydrogens (primary N) is 1. The molecular formula is C16H18FN5O2. The van der Waals surface area contributed by atoms with Crippen molar-refractivity contribution >= 4 is 17.5 Å². The molecule has 0 saturated carbocycles. The molecule has 0 spiro atoms. The van der Waals surface area contributed by atoms with Gasteiger partial charge in [0.2, 0.25) is 11.7 Å². The van der Waals surface area contributed by atoms with Gasteiger partial charge in [-0.2, -0.15) is 4.98 Å². The van der Waals surface area contributed by atoms with Crippen molar-refractivity contribution in [2.45, 2.75) is 12.5 Å². The minimum atomic E-state index is -0.536. The molecule has 1 fully saturated rings. The second kappa shape index (κ2) is 6.79. The molecule has 7 nitrogen and oxygen atoms in total. The summed E-state index contributed by atoms with van der Waals surface area (Å²) in [5.74, 6) is -0.359. The molecule has 1 aliphatic heterocycles. The van der Waals surface area contributed by atoms with E-state index in [1.807, 2.05) is 0 Å². The van der Waals surface area contributed by atoms with Crippen LogP contribution in [0.5, 0.6) is 5.75 Å². The Morgan fingerprint density at radius 1 is 1.46 bits per heavy atom. The Bertz CT molecular complexity index is 762. The first-order valence-electron chi connectivity index (χ1n) is 7.56. The lowest BCUT2D eigenvalue weighted by Gasteiger charge is -2.13. The van der Waals surface area contributed by atoms with Crippen LogP contribution in [-0.2, 0) is 0 Å². The molecular weight excluding hydrogens is 313 g/mol. The number of aromatic nitrogens is 2. The van der Waals surface area contributed by atoms with Crippen molar-refractivity contribution in [3.05, 3.63) is 41.3 Å². The van der Waals surface area contributed by atoms with Crippen LogP contribution in [0, 0.1) is 5.82 Å². The van der Waals surface area contributed by atoms with Gasteiger partial charge >= 0.3 is 0 Å². The lowest BCUT2D eigenvalue weighted by atomic mass is 10.0. The molecule has 0 radical (unpaired) electrons. The van der Waals surface area contributed by atoms with E-state index in [-0.39, 0.29) is 28.7 Å². The highest BCUT2D eigenvalue weighted by Gasteiger charge is 2.21. The number of benzene rings is 1. The predicted molar refractivity (Wildman–Crippen MR) is 87.7 cm³/mol. The number of hydrogen-bond donors (Lipinski definition) is 3. The Morgan fingerprint density at radius 2 is 2.29 bits per heavy atom. The Morgan fingerprint density at radius 3 is 2.96 bits per heavy atom. The number of hydrogen-bond acceptors (Lipinski definition) is 7. The van der Waals surface area contributed by atoms with Crippen molar-refractivity contribution < 1.29 is 13.9 Å². The zero-order valence-electron chi connectivity index (χ0n) is 13.2. The number of methoxy groups -OCH3 is 1. The molecule has 4 N–H and O–H groups in total. The van der Waals surface area contributed by atoms with Crippen molar-refractivity contribution in [1.82, 2.24) is 15.3 Å². The number of rotatable bonds is 5. The number of nitrogens with zero attached hydrogens (tertiary/aromatic N) is 2. The summed E-state index contributed by atoms with van der Waals surface area (Å²) < 4.78 is 18.6. The van der Waals surface area contributed by atoms with E-state index in [2.05, 4.69) is 20.6 Å². The highest BCUT2D eigenvalue weighted by Crippen LogP contribution is 2.24. The highest BCUT2D eigenvalue weighted by atomic mass is 19.1. The summed E-state index contributed by atoms with van der Waals surface area (Å²) in [6, 6.07) is 3.95. The van der Waals surface area contributed by atoms with Gasteiger partial charge in [-0.15, -0.1) is 0 Å². The number of carbonyl (C=O) groups excluding carboxylic acids is 1. The standard InChI is InChI=1S/C16H18FN5O2/c1-24-13-3-2-9(17)6-11(13)14(23)12-8-20-16(22-15(12)18)21-10-4-5-19-7-10/h2-3,6,8,10,19H,4-5,7H2,1H3,(H3,18,20,21,22)/t10-/m1/s1. The predicted octanol–water partition coefficient (Wildman–Crippen LogP) is 1.21. The molecule has 0 unspecified atom stereocenters. The number of anilines is 2. The van der Waals surface area contributed by atoms with Crippen LogP contribution in [0.1, 0.15) is 22.3 Å². The third kappa shape index (κ3) is 3.28. The quantitative estimate of drug-likeness (QED) is 0.708. The first-order chi connectivity index (χ1) is 11.6. The normalized spacial score (nSPS) is 16.8. The maximum Gasteiger partial charge on any atom is 0.224 e. The molecule has 24 heavy (non-hydrogen) atoms. The average Bonchev–Trinajstić information content (AvgIpc) is 3.07. The Hall–Kier alpha value is -2.74. The van der Waals surface area contributed by atoms with E-state index in [0.29, 0.717) is 5.95 Å². The molecule has 1 saturated heterocycles. The van der Waals surface area contributed by atoms with Gasteiger partial charge in [0.1, 0.15) is 17.4 Å². The van der Waals surface area contributed by atoms with Crippen molar-refractivity contribution in [2.24, 2.45) is 0 Å². The summed E-state index contributed by atoms with van der Waals surface area (Å²) in [6.45, 7) is 1.76. The van der Waals surface area contributed by atoms with Crippen LogP contribution >= 0.6 is 0 Å². The molecule has 2 aromatic rings. The van der Waals surface area contributed by atoms with E-state index in [9.17, 15) is 9.18 Å². The first-order valence-corrected chi connectivity index (χ1v) is 7.56. The fraction of sp³-hybridized carbons (Fsp3) is 0.312. The molecule has 2 heterocycles. The zero-order valence-corrected chi connectivity index (χ0v) is 13.2. The van der Waals surface area contributed by atoms with Crippen LogP contribution in [0.25, 0.3) is 0 Å². The van der Waals surface area contributed by atoms with Crippen LogP contribution in [0.15, 0.2) is 24.4 Å². The molecule has 1 aromatic carbocycles. The maximum absolute atomic E-state index is 13.5. The fourth-order valence-corrected chi connectivity index (χ4v) is 2.60. The van der Waals surface area contributed by atoms with Crippen molar-refractivity contribution in [1.29, 1.82) is 0 Å². The number of carbonyl (C=O) groups is 1. The van der Waals surface area contributed by atoms with Gasteiger partial charge in [0, 0.05) is 18.8 Å². The summed E-state index contributed by atoms with van der Waals surface area (Å²) in [4.78, 5) is 20.9. The van der Waals surface area contributed by atoms with Gasteiger partial charge in [0.25, 0.3) is 0 Å². The van der Waals surface area contributed by atoms with Gasteiger partial charge in [0.05, 0.1) is 18.2 Å². The van der Waals surface area contributed by atoms with Gasteiger partial charge < -0.3 is 21.1 Å². The maximum atomic E-state index is 13.5. The SMILES string of the molecule is COc1ccc(F)cc1C(=O)c1cnc(N[C@@H]2CCNC2)nc1N. The van der Waals surface area contributed by atoms with E-state index in [4.69, 9.17) is 10.5 Å². The Balaban J connectivity index is 1.86. The minimum absolute atomic E-state index is 0.0368. The third-order valence-corrected chi connectivity index (χ3v) is 3.86. The summed E-state index contributed by atoms with van der Waals surface area (Å²) in [5.41, 5.74) is 6.08. The molecule has 1 atom stereocenters. The molecule has 0 bridgehead atoms. The van der Waals surface area contributed by atoms with Gasteiger partial charge in [-0.1, -0.05) is 0 Å². The van der Waals surface area contributed by atoms with E-state index < -0.39 is 11.6 Å². The van der Waals surface area contributed by atoms with Crippen LogP contribution in [-0.4, -0.2) is 42.0 Å². The molecule has 3 rings (SSSR count). The lowest BCUT2D eigenvalue weighted by Crippen LogP contribution is -2.24. The number of nitrogens with one attached hydrogen (secondary N) is 2. The largest absolute Gasteiger partial charge is 0.496 e. The fourth-order valence-electron chi connectivity index (χ4n) is 2.60. The summed E-state index contributed by atoms with van der Waals surface area (Å²) in [6.07, 6.45) is 2.31. The molecule has 0 amide bonds. The van der Waals surface area contributed by atoms with Gasteiger partial charge in [-0.25, -0.2) is 9.37 Å². The second-order valence-corrected chi connectivity index (χ2v) is 5.50. The van der Waals surface area contributed by atoms with Crippen LogP contribution in [0.4, 0.5) is 16.2 Å². The second-order valence-electron chi connectivity index (χ2n) is 5.50. The monoisotopic (exact) mass is 331 g/mol. The molecule has 0 aliphatic carbocycles. The number of ether oxygens (including phenoxy) is 1. The summed E-state index contributed by atoms with van der Waals surface area (Å²) in [7, 11) is 1.41. The molecule has 1 aliphatic rings. The highest BCUT2D eigenvalue weighted by molar-refractivity contribution is 6.13. The van der Waals surface area contributed by atoms with Gasteiger partial charge in [-0.05, 0) is 31.2 Å². The topological polar surface area (TPSA) is 102 Å². The van der Waals surface area contributed by atoms with E-state index in [1.165, 1.54) is 25.4 Å². The van der Waals surface area contributed by atoms with E-state index >= 15 is 0 Å². The first kappa shape index (κ1) is 16.1. The smallest absolute Gasteiger partial charge is 0.224 e. The number of ketones is 1. The Labute approximate surface area is 138 Å². The minimum Gasteiger partial charge on any atom is -0.496 e. The van der Waals surface area contributed by atoms with E-state index in [0.717, 1.165) is 25.6 Å². The Kier molecular flexibility index (Phi) is 4.57. The van der Waals surface area contributed by atoms with E-state index in [1.54, 1.807) is 0 Å². The zero-order chi connectivity index (χ0) is 17.1. The van der Waals surface area contributed by atoms with Crippen molar-refractivity contribution in [2.75, 3.05) is 31.2 Å².